The average molecular weight is 401 g/mol. The minimum absolute atomic E-state index is 0.0205. The Morgan fingerprint density at radius 1 is 1.29 bits per heavy atom. The van der Waals surface area contributed by atoms with E-state index in [2.05, 4.69) is 15.4 Å². The van der Waals surface area contributed by atoms with Crippen molar-refractivity contribution >= 4 is 23.1 Å². The van der Waals surface area contributed by atoms with E-state index in [-0.39, 0.29) is 17.9 Å². The summed E-state index contributed by atoms with van der Waals surface area (Å²) in [5.41, 5.74) is -1.41. The number of nitrogens with zero attached hydrogens (tertiary/aromatic N) is 4. The number of morpholine rings is 1. The highest BCUT2D eigenvalue weighted by molar-refractivity contribution is 5.79. The number of imidazole rings is 1. The van der Waals surface area contributed by atoms with Crippen molar-refractivity contribution in [3.8, 4) is 0 Å². The highest BCUT2D eigenvalue weighted by Crippen LogP contribution is 2.32. The lowest BCUT2D eigenvalue weighted by Crippen LogP contribution is -2.37. The van der Waals surface area contributed by atoms with E-state index in [1.54, 1.807) is 26.8 Å². The molecule has 3 rings (SSSR count). The van der Waals surface area contributed by atoms with Crippen molar-refractivity contribution in [2.24, 2.45) is 0 Å². The lowest BCUT2D eigenvalue weighted by atomic mass is 10.2. The molecule has 28 heavy (non-hydrogen) atoms. The lowest BCUT2D eigenvalue weighted by Gasteiger charge is -2.28. The van der Waals surface area contributed by atoms with E-state index < -0.39 is 23.4 Å². The van der Waals surface area contributed by atoms with Gasteiger partial charge in [-0.1, -0.05) is 0 Å². The molecule has 11 heteroatoms. The number of carbonyl (C=O) groups is 1. The van der Waals surface area contributed by atoms with E-state index in [1.807, 2.05) is 4.90 Å². The zero-order valence-corrected chi connectivity index (χ0v) is 15.8. The van der Waals surface area contributed by atoms with Crippen molar-refractivity contribution in [3.63, 3.8) is 0 Å². The summed E-state index contributed by atoms with van der Waals surface area (Å²) in [4.78, 5) is 17.7. The van der Waals surface area contributed by atoms with Gasteiger partial charge in [0.1, 0.15) is 12.1 Å². The molecule has 1 saturated heterocycles. The minimum Gasteiger partial charge on any atom is -0.459 e. The fourth-order valence-electron chi connectivity index (χ4n) is 2.77. The van der Waals surface area contributed by atoms with Gasteiger partial charge in [0, 0.05) is 19.2 Å². The maximum atomic E-state index is 13.3. The zero-order chi connectivity index (χ0) is 20.5. The molecular weight excluding hydrogens is 379 g/mol. The van der Waals surface area contributed by atoms with Crippen LogP contribution in [-0.2, 0) is 20.4 Å². The van der Waals surface area contributed by atoms with Crippen LogP contribution in [0.25, 0.3) is 5.65 Å². The Morgan fingerprint density at radius 3 is 2.57 bits per heavy atom. The molecule has 0 aliphatic carbocycles. The first-order valence-corrected chi connectivity index (χ1v) is 8.79. The highest BCUT2D eigenvalue weighted by atomic mass is 19.4. The second kappa shape index (κ2) is 7.46. The van der Waals surface area contributed by atoms with E-state index in [4.69, 9.17) is 9.47 Å². The van der Waals surface area contributed by atoms with Gasteiger partial charge in [0.05, 0.1) is 25.1 Å². The van der Waals surface area contributed by atoms with Crippen molar-refractivity contribution in [1.82, 2.24) is 14.6 Å². The SMILES string of the molecule is CC(C)(C)OC(=O)CNc1cc(N2CCOCC2)nn2c(C(F)(F)F)cnc12. The Balaban J connectivity index is 1.95. The molecule has 0 bridgehead atoms. The number of fused-ring (bicyclic) bond motifs is 1. The van der Waals surface area contributed by atoms with Crippen LogP contribution >= 0.6 is 0 Å². The Kier molecular flexibility index (Phi) is 5.37. The highest BCUT2D eigenvalue weighted by Gasteiger charge is 2.36. The molecule has 0 unspecified atom stereocenters. The molecule has 154 valence electrons. The average Bonchev–Trinajstić information content (AvgIpc) is 3.03. The molecule has 3 heterocycles. The normalized spacial score (nSPS) is 15.7. The van der Waals surface area contributed by atoms with Crippen LogP contribution < -0.4 is 10.2 Å². The van der Waals surface area contributed by atoms with Gasteiger partial charge in [-0.3, -0.25) is 4.79 Å². The van der Waals surface area contributed by atoms with Crippen LogP contribution in [0.5, 0.6) is 0 Å². The lowest BCUT2D eigenvalue weighted by molar-refractivity contribution is -0.152. The fraction of sp³-hybridized carbons (Fsp3) is 0.588. The molecular formula is C17H22F3N5O3. The molecule has 8 nitrogen and oxygen atoms in total. The molecule has 0 saturated carbocycles. The molecule has 0 amide bonds. The number of nitrogens with one attached hydrogen (secondary N) is 1. The van der Waals surface area contributed by atoms with Gasteiger partial charge >= 0.3 is 12.1 Å². The first-order chi connectivity index (χ1) is 13.0. The van der Waals surface area contributed by atoms with Crippen LogP contribution in [0.4, 0.5) is 24.7 Å². The van der Waals surface area contributed by atoms with Gasteiger partial charge in [-0.2, -0.15) is 13.2 Å². The Hall–Kier alpha value is -2.56. The van der Waals surface area contributed by atoms with Gasteiger partial charge in [-0.15, -0.1) is 5.10 Å². The number of halogens is 3. The number of anilines is 2. The Labute approximate surface area is 159 Å². The number of ether oxygens (including phenoxy) is 2. The first kappa shape index (κ1) is 20.2. The van der Waals surface area contributed by atoms with E-state index in [0.29, 0.717) is 32.1 Å². The summed E-state index contributed by atoms with van der Waals surface area (Å²) in [6, 6.07) is 1.58. The molecule has 2 aromatic heterocycles. The predicted molar refractivity (Wildman–Crippen MR) is 95.4 cm³/mol. The van der Waals surface area contributed by atoms with Crippen molar-refractivity contribution in [2.45, 2.75) is 32.5 Å². The monoisotopic (exact) mass is 401 g/mol. The Bertz CT molecular complexity index is 854. The number of carbonyl (C=O) groups excluding carboxylic acids is 1. The van der Waals surface area contributed by atoms with Gasteiger partial charge in [0.25, 0.3) is 0 Å². The van der Waals surface area contributed by atoms with Gasteiger partial charge in [0.2, 0.25) is 0 Å². The number of alkyl halides is 3. The number of aromatic nitrogens is 3. The zero-order valence-electron chi connectivity index (χ0n) is 15.8. The minimum atomic E-state index is -4.61. The quantitative estimate of drug-likeness (QED) is 0.788. The second-order valence-corrected chi connectivity index (χ2v) is 7.33. The maximum absolute atomic E-state index is 13.3. The van der Waals surface area contributed by atoms with Crippen LogP contribution in [0.1, 0.15) is 26.5 Å². The molecule has 1 fully saturated rings. The summed E-state index contributed by atoms with van der Waals surface area (Å²) in [5.74, 6) is -0.191. The summed E-state index contributed by atoms with van der Waals surface area (Å²) in [6.45, 7) is 6.89. The number of hydrogen-bond acceptors (Lipinski definition) is 7. The smallest absolute Gasteiger partial charge is 0.435 e. The van der Waals surface area contributed by atoms with Crippen molar-refractivity contribution < 1.29 is 27.4 Å². The van der Waals surface area contributed by atoms with Crippen LogP contribution in [0.2, 0.25) is 0 Å². The van der Waals surface area contributed by atoms with Gasteiger partial charge in [-0.25, -0.2) is 9.50 Å². The topological polar surface area (TPSA) is 81.0 Å². The van der Waals surface area contributed by atoms with E-state index in [9.17, 15) is 18.0 Å². The predicted octanol–water partition coefficient (Wildman–Crippen LogP) is 2.34. The van der Waals surface area contributed by atoms with E-state index >= 15 is 0 Å². The molecule has 1 aliphatic heterocycles. The molecule has 0 spiro atoms. The third-order valence-corrected chi connectivity index (χ3v) is 3.92. The van der Waals surface area contributed by atoms with Crippen LogP contribution in [-0.4, -0.2) is 59.0 Å². The molecule has 2 aromatic rings. The van der Waals surface area contributed by atoms with E-state index in [1.165, 1.54) is 0 Å². The molecule has 0 atom stereocenters. The molecule has 0 aromatic carbocycles. The van der Waals surface area contributed by atoms with E-state index in [0.717, 1.165) is 10.7 Å². The van der Waals surface area contributed by atoms with Crippen LogP contribution in [0.3, 0.4) is 0 Å². The summed E-state index contributed by atoms with van der Waals surface area (Å²) >= 11 is 0. The third-order valence-electron chi connectivity index (χ3n) is 3.92. The van der Waals surface area contributed by atoms with Crippen LogP contribution in [0.15, 0.2) is 12.3 Å². The van der Waals surface area contributed by atoms with Crippen molar-refractivity contribution in [3.05, 3.63) is 18.0 Å². The maximum Gasteiger partial charge on any atom is 0.435 e. The first-order valence-electron chi connectivity index (χ1n) is 8.79. The fourth-order valence-corrected chi connectivity index (χ4v) is 2.77. The molecule has 1 N–H and O–H groups in total. The van der Waals surface area contributed by atoms with Crippen LogP contribution in [0, 0.1) is 0 Å². The van der Waals surface area contributed by atoms with Gasteiger partial charge < -0.3 is 19.7 Å². The van der Waals surface area contributed by atoms with Gasteiger partial charge in [-0.05, 0) is 20.8 Å². The van der Waals surface area contributed by atoms with Crippen molar-refractivity contribution in [2.75, 3.05) is 43.1 Å². The summed E-state index contributed by atoms with van der Waals surface area (Å²) < 4.78 is 51.2. The summed E-state index contributed by atoms with van der Waals surface area (Å²) in [6.07, 6.45) is -3.89. The second-order valence-electron chi connectivity index (χ2n) is 7.33. The molecule has 0 radical (unpaired) electrons. The van der Waals surface area contributed by atoms with Crippen molar-refractivity contribution in [1.29, 1.82) is 0 Å². The number of rotatable bonds is 4. The summed E-state index contributed by atoms with van der Waals surface area (Å²) in [5, 5.41) is 6.95. The Morgan fingerprint density at radius 2 is 1.96 bits per heavy atom. The van der Waals surface area contributed by atoms with Gasteiger partial charge in [0.15, 0.2) is 17.2 Å². The standard InChI is InChI=1S/C17H22F3N5O3/c1-16(2,3)28-14(26)10-21-11-8-13(24-4-6-27-7-5-24)23-25-12(17(18,19)20)9-22-15(11)25/h8-9,21H,4-7,10H2,1-3H3. The number of esters is 1. The third kappa shape index (κ3) is 4.64. The summed E-state index contributed by atoms with van der Waals surface area (Å²) in [7, 11) is 0. The molecule has 1 aliphatic rings. The largest absolute Gasteiger partial charge is 0.459 e. The number of hydrogen-bond donors (Lipinski definition) is 1.